The van der Waals surface area contributed by atoms with Gasteiger partial charge in [0.25, 0.3) is 5.91 Å². The van der Waals surface area contributed by atoms with E-state index in [9.17, 15) is 13.2 Å². The first kappa shape index (κ1) is 21.9. The Labute approximate surface area is 167 Å². The van der Waals surface area contributed by atoms with E-state index in [0.29, 0.717) is 25.2 Å². The second-order valence-electron chi connectivity index (χ2n) is 6.58. The van der Waals surface area contributed by atoms with Crippen molar-refractivity contribution in [2.24, 2.45) is 0 Å². The Kier molecular flexibility index (Phi) is 7.21. The molecule has 0 saturated carbocycles. The molecule has 2 rings (SSSR count). The van der Waals surface area contributed by atoms with Crippen molar-refractivity contribution in [1.82, 2.24) is 9.21 Å². The molecule has 0 bridgehead atoms. The summed E-state index contributed by atoms with van der Waals surface area (Å²) in [5.74, 6) is 0.535. The maximum absolute atomic E-state index is 13.0. The fraction of sp³-hybridized carbons (Fsp3) is 0.381. The van der Waals surface area contributed by atoms with E-state index in [4.69, 9.17) is 4.74 Å². The van der Waals surface area contributed by atoms with Gasteiger partial charge in [0.2, 0.25) is 10.0 Å². The number of amides is 1. The van der Waals surface area contributed by atoms with E-state index in [0.717, 1.165) is 16.9 Å². The number of carbonyl (C=O) groups is 1. The second-order valence-corrected chi connectivity index (χ2v) is 8.51. The lowest BCUT2D eigenvalue weighted by molar-refractivity contribution is 0.0784. The van der Waals surface area contributed by atoms with Crippen molar-refractivity contribution in [3.05, 3.63) is 59.2 Å². The summed E-state index contributed by atoms with van der Waals surface area (Å²) in [4.78, 5) is 14.7. The Hall–Kier alpha value is -2.38. The monoisotopic (exact) mass is 404 g/mol. The van der Waals surface area contributed by atoms with Gasteiger partial charge >= 0.3 is 0 Å². The van der Waals surface area contributed by atoms with E-state index < -0.39 is 10.0 Å². The van der Waals surface area contributed by atoms with Gasteiger partial charge in [-0.15, -0.1) is 0 Å². The highest BCUT2D eigenvalue weighted by Gasteiger charge is 2.24. The SMILES string of the molecule is CCN(CC)S(=O)(=O)c1ccc(C)c(C(=O)N(C)Cc2ccc(OC)cc2)c1. The first-order valence-electron chi connectivity index (χ1n) is 9.23. The molecule has 0 heterocycles. The summed E-state index contributed by atoms with van der Waals surface area (Å²) >= 11 is 0. The van der Waals surface area contributed by atoms with Gasteiger partial charge in [0.1, 0.15) is 5.75 Å². The molecule has 152 valence electrons. The number of sulfonamides is 1. The van der Waals surface area contributed by atoms with E-state index in [2.05, 4.69) is 0 Å². The van der Waals surface area contributed by atoms with Gasteiger partial charge in [0.05, 0.1) is 12.0 Å². The van der Waals surface area contributed by atoms with Crippen LogP contribution in [0.4, 0.5) is 0 Å². The van der Waals surface area contributed by atoms with Gasteiger partial charge in [-0.2, -0.15) is 4.31 Å². The number of hydrogen-bond donors (Lipinski definition) is 0. The number of carbonyl (C=O) groups excluding carboxylic acids is 1. The van der Waals surface area contributed by atoms with Crippen LogP contribution >= 0.6 is 0 Å². The largest absolute Gasteiger partial charge is 0.497 e. The molecular weight excluding hydrogens is 376 g/mol. The van der Waals surface area contributed by atoms with Crippen molar-refractivity contribution < 1.29 is 17.9 Å². The van der Waals surface area contributed by atoms with E-state index in [-0.39, 0.29) is 10.8 Å². The standard InChI is InChI=1S/C21H28N2O4S/c1-6-23(7-2)28(25,26)19-13-8-16(3)20(14-19)21(24)22(4)15-17-9-11-18(27-5)12-10-17/h8-14H,6-7,15H2,1-5H3. The van der Waals surface area contributed by atoms with Crippen molar-refractivity contribution in [3.63, 3.8) is 0 Å². The number of rotatable bonds is 8. The van der Waals surface area contributed by atoms with Crippen LogP contribution in [-0.2, 0) is 16.6 Å². The average molecular weight is 405 g/mol. The summed E-state index contributed by atoms with van der Waals surface area (Å²) in [6, 6.07) is 12.2. The van der Waals surface area contributed by atoms with Gasteiger partial charge in [-0.1, -0.05) is 32.0 Å². The highest BCUT2D eigenvalue weighted by atomic mass is 32.2. The summed E-state index contributed by atoms with van der Waals surface area (Å²) in [5.41, 5.74) is 2.09. The molecule has 0 aromatic heterocycles. The summed E-state index contributed by atoms with van der Waals surface area (Å²) in [6.07, 6.45) is 0. The molecule has 28 heavy (non-hydrogen) atoms. The Morgan fingerprint density at radius 3 is 2.18 bits per heavy atom. The van der Waals surface area contributed by atoms with Crippen LogP contribution in [0.15, 0.2) is 47.4 Å². The molecular formula is C21H28N2O4S. The molecule has 2 aromatic rings. The van der Waals surface area contributed by atoms with Gasteiger partial charge in [0, 0.05) is 32.2 Å². The summed E-state index contributed by atoms with van der Waals surface area (Å²) in [6.45, 7) is 6.58. The molecule has 0 radical (unpaired) electrons. The zero-order valence-electron chi connectivity index (χ0n) is 17.1. The third kappa shape index (κ3) is 4.72. The minimum absolute atomic E-state index is 0.142. The van der Waals surface area contributed by atoms with E-state index in [1.165, 1.54) is 10.4 Å². The van der Waals surface area contributed by atoms with Crippen molar-refractivity contribution >= 4 is 15.9 Å². The van der Waals surface area contributed by atoms with E-state index >= 15 is 0 Å². The fourth-order valence-electron chi connectivity index (χ4n) is 2.99. The minimum Gasteiger partial charge on any atom is -0.497 e. The molecule has 0 atom stereocenters. The molecule has 0 fully saturated rings. The number of nitrogens with zero attached hydrogens (tertiary/aromatic N) is 2. The molecule has 6 nitrogen and oxygen atoms in total. The van der Waals surface area contributed by atoms with Crippen LogP contribution in [0.3, 0.4) is 0 Å². The molecule has 0 aliphatic heterocycles. The van der Waals surface area contributed by atoms with Crippen molar-refractivity contribution in [3.8, 4) is 5.75 Å². The first-order chi connectivity index (χ1) is 13.2. The Balaban J connectivity index is 2.29. The maximum atomic E-state index is 13.0. The molecule has 0 aliphatic rings. The normalized spacial score (nSPS) is 11.5. The lowest BCUT2D eigenvalue weighted by atomic mass is 10.1. The minimum atomic E-state index is -3.62. The van der Waals surface area contributed by atoms with Gasteiger partial charge in [0.15, 0.2) is 0 Å². The topological polar surface area (TPSA) is 66.9 Å². The van der Waals surface area contributed by atoms with Crippen LogP contribution in [0.25, 0.3) is 0 Å². The summed E-state index contributed by atoms with van der Waals surface area (Å²) < 4.78 is 32.1. The third-order valence-electron chi connectivity index (χ3n) is 4.71. The predicted molar refractivity (Wildman–Crippen MR) is 110 cm³/mol. The van der Waals surface area contributed by atoms with E-state index in [1.807, 2.05) is 31.2 Å². The fourth-order valence-corrected chi connectivity index (χ4v) is 4.47. The van der Waals surface area contributed by atoms with Crippen molar-refractivity contribution in [2.75, 3.05) is 27.2 Å². The molecule has 0 N–H and O–H groups in total. The Morgan fingerprint density at radius 1 is 1.04 bits per heavy atom. The summed E-state index contributed by atoms with van der Waals surface area (Å²) in [5, 5.41) is 0. The molecule has 7 heteroatoms. The highest BCUT2D eigenvalue weighted by molar-refractivity contribution is 7.89. The van der Waals surface area contributed by atoms with Crippen LogP contribution in [0, 0.1) is 6.92 Å². The smallest absolute Gasteiger partial charge is 0.254 e. The number of aryl methyl sites for hydroxylation is 1. The van der Waals surface area contributed by atoms with Crippen LogP contribution < -0.4 is 4.74 Å². The van der Waals surface area contributed by atoms with Gasteiger partial charge < -0.3 is 9.64 Å². The number of hydrogen-bond acceptors (Lipinski definition) is 4. The molecule has 0 aliphatic carbocycles. The molecule has 0 saturated heterocycles. The van der Waals surface area contributed by atoms with Crippen LogP contribution in [0.5, 0.6) is 5.75 Å². The molecule has 0 spiro atoms. The molecule has 2 aromatic carbocycles. The number of methoxy groups -OCH3 is 1. The number of ether oxygens (including phenoxy) is 1. The zero-order valence-corrected chi connectivity index (χ0v) is 17.9. The molecule has 1 amide bonds. The van der Waals surface area contributed by atoms with Gasteiger partial charge in [-0.3, -0.25) is 4.79 Å². The Morgan fingerprint density at radius 2 is 1.64 bits per heavy atom. The van der Waals surface area contributed by atoms with Crippen molar-refractivity contribution in [2.45, 2.75) is 32.2 Å². The van der Waals surface area contributed by atoms with Gasteiger partial charge in [-0.25, -0.2) is 8.42 Å². The van der Waals surface area contributed by atoms with E-state index in [1.54, 1.807) is 45.0 Å². The zero-order chi connectivity index (χ0) is 20.9. The quantitative estimate of drug-likeness (QED) is 0.677. The maximum Gasteiger partial charge on any atom is 0.254 e. The lowest BCUT2D eigenvalue weighted by Gasteiger charge is -2.21. The molecule has 0 unspecified atom stereocenters. The highest BCUT2D eigenvalue weighted by Crippen LogP contribution is 2.21. The van der Waals surface area contributed by atoms with Crippen molar-refractivity contribution in [1.29, 1.82) is 0 Å². The van der Waals surface area contributed by atoms with Crippen LogP contribution in [0.2, 0.25) is 0 Å². The Bertz CT molecular complexity index is 920. The van der Waals surface area contributed by atoms with Crippen LogP contribution in [0.1, 0.15) is 35.3 Å². The van der Waals surface area contributed by atoms with Gasteiger partial charge in [-0.05, 0) is 42.3 Å². The second kappa shape index (κ2) is 9.21. The predicted octanol–water partition coefficient (Wildman–Crippen LogP) is 3.31. The first-order valence-corrected chi connectivity index (χ1v) is 10.7. The average Bonchev–Trinajstić information content (AvgIpc) is 2.69. The number of benzene rings is 2. The lowest BCUT2D eigenvalue weighted by Crippen LogP contribution is -2.31. The van der Waals surface area contributed by atoms with Crippen LogP contribution in [-0.4, -0.2) is 50.8 Å². The third-order valence-corrected chi connectivity index (χ3v) is 6.75. The summed E-state index contributed by atoms with van der Waals surface area (Å²) in [7, 11) is -0.308.